The molecule has 1 aliphatic carbocycles. The summed E-state index contributed by atoms with van der Waals surface area (Å²) < 4.78 is 0. The van der Waals surface area contributed by atoms with E-state index in [9.17, 15) is 0 Å². The standard InChI is InChI=1S/C8H14N2S/c1-3-4-9-8(11)10-7-5-6(7)2/h3,6-7H,1,4-5H2,2H3,(H2,9,10,11). The van der Waals surface area contributed by atoms with E-state index in [2.05, 4.69) is 24.1 Å². The van der Waals surface area contributed by atoms with Crippen molar-refractivity contribution in [1.82, 2.24) is 10.6 Å². The summed E-state index contributed by atoms with van der Waals surface area (Å²) >= 11 is 5.02. The van der Waals surface area contributed by atoms with Gasteiger partial charge in [-0.25, -0.2) is 0 Å². The molecule has 0 spiro atoms. The summed E-state index contributed by atoms with van der Waals surface area (Å²) in [5, 5.41) is 6.99. The van der Waals surface area contributed by atoms with Crippen molar-refractivity contribution in [2.75, 3.05) is 6.54 Å². The number of thiocarbonyl (C=S) groups is 1. The molecule has 11 heavy (non-hydrogen) atoms. The lowest BCUT2D eigenvalue weighted by Crippen LogP contribution is -2.37. The van der Waals surface area contributed by atoms with Crippen LogP contribution in [0.4, 0.5) is 0 Å². The lowest BCUT2D eigenvalue weighted by Gasteiger charge is -2.06. The van der Waals surface area contributed by atoms with Crippen LogP contribution >= 0.6 is 12.2 Å². The van der Waals surface area contributed by atoms with Gasteiger partial charge in [0, 0.05) is 12.6 Å². The second kappa shape index (κ2) is 3.72. The minimum Gasteiger partial charge on any atom is -0.360 e. The van der Waals surface area contributed by atoms with Crippen LogP contribution in [0.25, 0.3) is 0 Å². The first-order valence-corrected chi connectivity index (χ1v) is 4.30. The predicted molar refractivity (Wildman–Crippen MR) is 51.5 cm³/mol. The topological polar surface area (TPSA) is 24.1 Å². The van der Waals surface area contributed by atoms with E-state index in [1.165, 1.54) is 6.42 Å². The van der Waals surface area contributed by atoms with Crippen molar-refractivity contribution in [3.05, 3.63) is 12.7 Å². The van der Waals surface area contributed by atoms with Crippen LogP contribution < -0.4 is 10.6 Å². The summed E-state index contributed by atoms with van der Waals surface area (Å²) in [6, 6.07) is 0.611. The van der Waals surface area contributed by atoms with Gasteiger partial charge in [-0.2, -0.15) is 0 Å². The van der Waals surface area contributed by atoms with Crippen molar-refractivity contribution >= 4 is 17.3 Å². The Kier molecular flexibility index (Phi) is 2.88. The average molecular weight is 170 g/mol. The fraction of sp³-hybridized carbons (Fsp3) is 0.625. The van der Waals surface area contributed by atoms with Crippen LogP contribution in [0.1, 0.15) is 13.3 Å². The number of nitrogens with one attached hydrogen (secondary N) is 2. The van der Waals surface area contributed by atoms with E-state index in [0.29, 0.717) is 6.04 Å². The first kappa shape index (κ1) is 8.53. The normalized spacial score (nSPS) is 27.4. The molecule has 62 valence electrons. The van der Waals surface area contributed by atoms with Gasteiger partial charge < -0.3 is 10.6 Å². The van der Waals surface area contributed by atoms with Gasteiger partial charge in [0.25, 0.3) is 0 Å². The van der Waals surface area contributed by atoms with E-state index in [-0.39, 0.29) is 0 Å². The maximum Gasteiger partial charge on any atom is 0.166 e. The molecule has 0 amide bonds. The smallest absolute Gasteiger partial charge is 0.166 e. The van der Waals surface area contributed by atoms with E-state index < -0.39 is 0 Å². The minimum atomic E-state index is 0.611. The largest absolute Gasteiger partial charge is 0.360 e. The zero-order valence-electron chi connectivity index (χ0n) is 6.76. The van der Waals surface area contributed by atoms with E-state index in [1.54, 1.807) is 6.08 Å². The number of rotatable bonds is 3. The van der Waals surface area contributed by atoms with Crippen LogP contribution in [0.15, 0.2) is 12.7 Å². The second-order valence-corrected chi connectivity index (χ2v) is 3.37. The molecule has 0 aromatic heterocycles. The maximum atomic E-state index is 5.02. The zero-order valence-corrected chi connectivity index (χ0v) is 7.58. The predicted octanol–water partition coefficient (Wildman–Crippen LogP) is 1.04. The molecule has 3 heteroatoms. The van der Waals surface area contributed by atoms with Gasteiger partial charge in [-0.05, 0) is 24.6 Å². The monoisotopic (exact) mass is 170 g/mol. The third-order valence-corrected chi connectivity index (χ3v) is 2.10. The van der Waals surface area contributed by atoms with Crippen LogP contribution in [-0.2, 0) is 0 Å². The van der Waals surface area contributed by atoms with Crippen LogP contribution in [0, 0.1) is 5.92 Å². The van der Waals surface area contributed by atoms with Gasteiger partial charge in [0.05, 0.1) is 0 Å². The first-order valence-electron chi connectivity index (χ1n) is 3.89. The van der Waals surface area contributed by atoms with Gasteiger partial charge in [0.1, 0.15) is 0 Å². The molecule has 0 bridgehead atoms. The van der Waals surface area contributed by atoms with Crippen molar-refractivity contribution in [1.29, 1.82) is 0 Å². The Morgan fingerprint density at radius 3 is 2.91 bits per heavy atom. The molecule has 0 aromatic rings. The second-order valence-electron chi connectivity index (χ2n) is 2.96. The Bertz CT molecular complexity index is 167. The molecule has 1 saturated carbocycles. The molecule has 1 aliphatic rings. The lowest BCUT2D eigenvalue weighted by atomic mass is 10.5. The molecule has 1 rings (SSSR count). The zero-order chi connectivity index (χ0) is 8.27. The molecular weight excluding hydrogens is 156 g/mol. The van der Waals surface area contributed by atoms with Crippen LogP contribution in [0.2, 0.25) is 0 Å². The highest BCUT2D eigenvalue weighted by Gasteiger charge is 2.32. The fourth-order valence-electron chi connectivity index (χ4n) is 0.907. The summed E-state index contributed by atoms with van der Waals surface area (Å²) in [5.74, 6) is 0.790. The molecule has 0 radical (unpaired) electrons. The molecule has 2 unspecified atom stereocenters. The highest BCUT2D eigenvalue weighted by Crippen LogP contribution is 2.28. The molecule has 0 heterocycles. The molecular formula is C8H14N2S. The van der Waals surface area contributed by atoms with Crippen molar-refractivity contribution in [3.8, 4) is 0 Å². The van der Waals surface area contributed by atoms with E-state index in [4.69, 9.17) is 12.2 Å². The Morgan fingerprint density at radius 1 is 1.82 bits per heavy atom. The highest BCUT2D eigenvalue weighted by atomic mass is 32.1. The van der Waals surface area contributed by atoms with Crippen molar-refractivity contribution in [2.24, 2.45) is 5.92 Å². The van der Waals surface area contributed by atoms with Crippen LogP contribution in [0.5, 0.6) is 0 Å². The maximum absolute atomic E-state index is 5.02. The SMILES string of the molecule is C=CCNC(=S)NC1CC1C. The van der Waals surface area contributed by atoms with Gasteiger partial charge in [-0.15, -0.1) is 6.58 Å². The minimum absolute atomic E-state index is 0.611. The molecule has 0 saturated heterocycles. The summed E-state index contributed by atoms with van der Waals surface area (Å²) in [7, 11) is 0. The van der Waals surface area contributed by atoms with Gasteiger partial charge in [-0.1, -0.05) is 13.0 Å². The average Bonchev–Trinajstić information content (AvgIpc) is 2.62. The fourth-order valence-corrected chi connectivity index (χ4v) is 1.14. The summed E-state index contributed by atoms with van der Waals surface area (Å²) in [6.07, 6.45) is 3.04. The Labute approximate surface area is 73.1 Å². The number of hydrogen-bond acceptors (Lipinski definition) is 1. The van der Waals surface area contributed by atoms with Crippen molar-refractivity contribution in [2.45, 2.75) is 19.4 Å². The van der Waals surface area contributed by atoms with Gasteiger partial charge in [0.2, 0.25) is 0 Å². The molecule has 0 aromatic carbocycles. The van der Waals surface area contributed by atoms with E-state index >= 15 is 0 Å². The molecule has 2 nitrogen and oxygen atoms in total. The first-order chi connectivity index (χ1) is 5.24. The Morgan fingerprint density at radius 2 is 2.45 bits per heavy atom. The quantitative estimate of drug-likeness (QED) is 0.489. The van der Waals surface area contributed by atoms with Crippen LogP contribution in [-0.4, -0.2) is 17.7 Å². The van der Waals surface area contributed by atoms with Gasteiger partial charge >= 0.3 is 0 Å². The van der Waals surface area contributed by atoms with Gasteiger partial charge in [-0.3, -0.25) is 0 Å². The Hall–Kier alpha value is -0.570. The molecule has 0 aliphatic heterocycles. The Balaban J connectivity index is 2.06. The van der Waals surface area contributed by atoms with E-state index in [1.807, 2.05) is 0 Å². The summed E-state index contributed by atoms with van der Waals surface area (Å²) in [4.78, 5) is 0. The third-order valence-electron chi connectivity index (χ3n) is 1.83. The van der Waals surface area contributed by atoms with Crippen molar-refractivity contribution in [3.63, 3.8) is 0 Å². The third kappa shape index (κ3) is 2.89. The summed E-state index contributed by atoms with van der Waals surface area (Å²) in [5.41, 5.74) is 0. The summed E-state index contributed by atoms with van der Waals surface area (Å²) in [6.45, 7) is 6.55. The van der Waals surface area contributed by atoms with Crippen molar-refractivity contribution < 1.29 is 0 Å². The number of hydrogen-bond donors (Lipinski definition) is 2. The molecule has 2 N–H and O–H groups in total. The lowest BCUT2D eigenvalue weighted by molar-refractivity contribution is 0.796. The molecule has 2 atom stereocenters. The van der Waals surface area contributed by atoms with Gasteiger partial charge in [0.15, 0.2) is 5.11 Å². The highest BCUT2D eigenvalue weighted by molar-refractivity contribution is 7.80. The van der Waals surface area contributed by atoms with E-state index in [0.717, 1.165) is 17.6 Å². The molecule has 1 fully saturated rings. The van der Waals surface area contributed by atoms with Crippen LogP contribution in [0.3, 0.4) is 0 Å².